The first-order chi connectivity index (χ1) is 14.8. The average molecular weight is 438 g/mol. The van der Waals surface area contributed by atoms with Crippen molar-refractivity contribution < 1.29 is 22.7 Å². The summed E-state index contributed by atoms with van der Waals surface area (Å²) in [7, 11) is -3.96. The van der Waals surface area contributed by atoms with E-state index in [9.17, 15) is 18.0 Å². The predicted molar refractivity (Wildman–Crippen MR) is 112 cm³/mol. The normalized spacial score (nSPS) is 15.5. The lowest BCUT2D eigenvalue weighted by molar-refractivity contribution is -0.114. The smallest absolute Gasteiger partial charge is 0.339 e. The number of fused-ring (bicyclic) bond motifs is 1. The van der Waals surface area contributed by atoms with Crippen molar-refractivity contribution in [2.45, 2.75) is 24.3 Å². The van der Waals surface area contributed by atoms with E-state index in [-0.39, 0.29) is 16.8 Å². The van der Waals surface area contributed by atoms with Crippen LogP contribution in [0.2, 0.25) is 0 Å². The first kappa shape index (κ1) is 20.5. The highest BCUT2D eigenvalue weighted by Crippen LogP contribution is 2.29. The maximum Gasteiger partial charge on any atom is 0.339 e. The predicted octanol–water partition coefficient (Wildman–Crippen LogP) is 2.69. The zero-order valence-electron chi connectivity index (χ0n) is 16.4. The summed E-state index contributed by atoms with van der Waals surface area (Å²) in [4.78, 5) is 31.5. The number of sulfonamides is 1. The van der Waals surface area contributed by atoms with Crippen LogP contribution < -0.4 is 10.0 Å². The average Bonchev–Trinajstić information content (AvgIpc) is 2.73. The molecule has 2 heterocycles. The number of carbonyl (C=O) groups is 2. The molecule has 0 fully saturated rings. The molecule has 0 bridgehead atoms. The van der Waals surface area contributed by atoms with E-state index in [1.165, 1.54) is 37.4 Å². The largest absolute Gasteiger partial charge is 0.452 e. The molecule has 2 aromatic carbocycles. The number of rotatable bonds is 5. The number of hydrogen-bond acceptors (Lipinski definition) is 7. The third-order valence-corrected chi connectivity index (χ3v) is 5.95. The quantitative estimate of drug-likeness (QED) is 0.586. The van der Waals surface area contributed by atoms with Gasteiger partial charge in [0.2, 0.25) is 11.9 Å². The van der Waals surface area contributed by atoms with Crippen LogP contribution in [0.1, 0.15) is 34.6 Å². The van der Waals surface area contributed by atoms with Gasteiger partial charge in [-0.25, -0.2) is 27.9 Å². The highest BCUT2D eigenvalue weighted by molar-refractivity contribution is 7.92. The molecule has 9 nitrogen and oxygen atoms in total. The van der Waals surface area contributed by atoms with Crippen molar-refractivity contribution in [2.75, 3.05) is 10.0 Å². The number of benzene rings is 2. The number of anilines is 2. The Morgan fingerprint density at radius 1 is 1.10 bits per heavy atom. The topological polar surface area (TPSA) is 127 Å². The van der Waals surface area contributed by atoms with Crippen LogP contribution in [0, 0.1) is 0 Å². The first-order valence-electron chi connectivity index (χ1n) is 9.34. The van der Waals surface area contributed by atoms with E-state index in [2.05, 4.69) is 20.0 Å². The van der Waals surface area contributed by atoms with Gasteiger partial charge in [-0.3, -0.25) is 4.79 Å². The van der Waals surface area contributed by atoms with Crippen molar-refractivity contribution in [3.63, 3.8) is 0 Å². The Balaban J connectivity index is 1.53. The fourth-order valence-electron chi connectivity index (χ4n) is 3.20. The zero-order chi connectivity index (χ0) is 22.0. The maximum absolute atomic E-state index is 12.7. The third-order valence-electron chi connectivity index (χ3n) is 4.61. The summed E-state index contributed by atoms with van der Waals surface area (Å²) < 4.78 is 33.1. The fourth-order valence-corrected chi connectivity index (χ4v) is 4.15. The van der Waals surface area contributed by atoms with Gasteiger partial charge in [0, 0.05) is 25.2 Å². The molecule has 1 aromatic heterocycles. The number of hydrogen-bond donors (Lipinski definition) is 2. The van der Waals surface area contributed by atoms with Crippen LogP contribution in [0.5, 0.6) is 0 Å². The lowest BCUT2D eigenvalue weighted by Crippen LogP contribution is -2.23. The summed E-state index contributed by atoms with van der Waals surface area (Å²) in [6.07, 6.45) is 1.18. The van der Waals surface area contributed by atoms with Crippen LogP contribution in [0.15, 0.2) is 65.7 Å². The second-order valence-corrected chi connectivity index (χ2v) is 8.55. The van der Waals surface area contributed by atoms with Gasteiger partial charge in [0.15, 0.2) is 0 Å². The highest BCUT2D eigenvalue weighted by Gasteiger charge is 2.28. The zero-order valence-corrected chi connectivity index (χ0v) is 17.2. The number of amides is 1. The Morgan fingerprint density at radius 2 is 1.84 bits per heavy atom. The molecule has 0 saturated carbocycles. The van der Waals surface area contributed by atoms with Crippen LogP contribution >= 0.6 is 0 Å². The molecule has 0 spiro atoms. The molecule has 0 saturated heterocycles. The third kappa shape index (κ3) is 4.53. The van der Waals surface area contributed by atoms with Gasteiger partial charge in [0.05, 0.1) is 16.2 Å². The van der Waals surface area contributed by atoms with Gasteiger partial charge in [0.25, 0.3) is 10.0 Å². The SMILES string of the molecule is CC(=O)Nc1ccc(S(=O)(=O)Nc2nccc([C@@H]3Cc4ccccc4C(=O)O3)n2)cc1. The van der Waals surface area contributed by atoms with Crippen molar-refractivity contribution in [3.8, 4) is 0 Å². The first-order valence-corrected chi connectivity index (χ1v) is 10.8. The molecule has 3 aromatic rings. The molecule has 158 valence electrons. The Bertz CT molecular complexity index is 1260. The van der Waals surface area contributed by atoms with E-state index < -0.39 is 22.1 Å². The molecular formula is C21H18N4O5S. The van der Waals surface area contributed by atoms with Crippen molar-refractivity contribution in [1.29, 1.82) is 0 Å². The van der Waals surface area contributed by atoms with Gasteiger partial charge in [-0.1, -0.05) is 18.2 Å². The number of aromatic nitrogens is 2. The second kappa shape index (κ2) is 8.15. The van der Waals surface area contributed by atoms with E-state index in [1.807, 2.05) is 12.1 Å². The summed E-state index contributed by atoms with van der Waals surface area (Å²) in [5.41, 5.74) is 2.21. The number of nitrogens with zero attached hydrogens (tertiary/aromatic N) is 2. The lowest BCUT2D eigenvalue weighted by Gasteiger charge is -2.24. The van der Waals surface area contributed by atoms with Gasteiger partial charge in [-0.2, -0.15) is 0 Å². The molecule has 1 amide bonds. The van der Waals surface area contributed by atoms with Crippen molar-refractivity contribution in [1.82, 2.24) is 9.97 Å². The van der Waals surface area contributed by atoms with Crippen LogP contribution in [-0.2, 0) is 26.0 Å². The lowest BCUT2D eigenvalue weighted by atomic mass is 9.97. The molecule has 2 N–H and O–H groups in total. The fraction of sp³-hybridized carbons (Fsp3) is 0.143. The van der Waals surface area contributed by atoms with Crippen molar-refractivity contribution >= 4 is 33.5 Å². The second-order valence-electron chi connectivity index (χ2n) is 6.87. The Kier molecular flexibility index (Phi) is 5.38. The number of nitrogens with one attached hydrogen (secondary N) is 2. The molecule has 0 radical (unpaired) electrons. The highest BCUT2D eigenvalue weighted by atomic mass is 32.2. The van der Waals surface area contributed by atoms with Gasteiger partial charge >= 0.3 is 5.97 Å². The maximum atomic E-state index is 12.7. The van der Waals surface area contributed by atoms with E-state index in [0.29, 0.717) is 23.4 Å². The van der Waals surface area contributed by atoms with E-state index in [4.69, 9.17) is 4.74 Å². The Labute approximate surface area is 178 Å². The molecule has 0 aliphatic carbocycles. The number of cyclic esters (lactones) is 1. The molecule has 1 atom stereocenters. The molecule has 31 heavy (non-hydrogen) atoms. The molecule has 4 rings (SSSR count). The Hall–Kier alpha value is -3.79. The molecule has 0 unspecified atom stereocenters. The van der Waals surface area contributed by atoms with Gasteiger partial charge in [0.1, 0.15) is 6.10 Å². The van der Waals surface area contributed by atoms with Crippen LogP contribution in [0.4, 0.5) is 11.6 Å². The van der Waals surface area contributed by atoms with Crippen molar-refractivity contribution in [3.05, 3.63) is 77.6 Å². The molecule has 10 heteroatoms. The summed E-state index contributed by atoms with van der Waals surface area (Å²) >= 11 is 0. The van der Waals surface area contributed by atoms with Crippen LogP contribution in [-0.4, -0.2) is 30.3 Å². The minimum atomic E-state index is -3.96. The number of carbonyl (C=O) groups excluding carboxylic acids is 2. The minimum absolute atomic E-state index is 0.0198. The van der Waals surface area contributed by atoms with E-state index >= 15 is 0 Å². The van der Waals surface area contributed by atoms with Crippen LogP contribution in [0.25, 0.3) is 0 Å². The standard InChI is InChI=1S/C21H18N4O5S/c1-13(26)23-15-6-8-16(9-7-15)31(28,29)25-21-22-11-10-18(24-21)19-12-14-4-2-3-5-17(14)20(27)30-19/h2-11,19H,12H2,1H3,(H,23,26)(H,22,24,25)/t19-/m0/s1. The number of ether oxygens (including phenoxy) is 1. The van der Waals surface area contributed by atoms with E-state index in [1.54, 1.807) is 18.2 Å². The van der Waals surface area contributed by atoms with Crippen molar-refractivity contribution in [2.24, 2.45) is 0 Å². The minimum Gasteiger partial charge on any atom is -0.452 e. The summed E-state index contributed by atoms with van der Waals surface area (Å²) in [5.74, 6) is -0.852. The summed E-state index contributed by atoms with van der Waals surface area (Å²) in [6, 6.07) is 14.4. The summed E-state index contributed by atoms with van der Waals surface area (Å²) in [5, 5.41) is 2.57. The molecule has 1 aliphatic rings. The molecular weight excluding hydrogens is 420 g/mol. The van der Waals surface area contributed by atoms with Gasteiger partial charge in [-0.15, -0.1) is 0 Å². The van der Waals surface area contributed by atoms with Gasteiger partial charge < -0.3 is 10.1 Å². The molecule has 1 aliphatic heterocycles. The van der Waals surface area contributed by atoms with E-state index in [0.717, 1.165) is 5.56 Å². The summed E-state index contributed by atoms with van der Waals surface area (Å²) in [6.45, 7) is 1.36. The monoisotopic (exact) mass is 438 g/mol. The Morgan fingerprint density at radius 3 is 2.58 bits per heavy atom. The van der Waals surface area contributed by atoms with Crippen LogP contribution in [0.3, 0.4) is 0 Å². The van der Waals surface area contributed by atoms with Gasteiger partial charge in [-0.05, 0) is 42.0 Å². The number of esters is 1.